The summed E-state index contributed by atoms with van der Waals surface area (Å²) in [7, 11) is 19.6. The van der Waals surface area contributed by atoms with Crippen LogP contribution < -0.4 is 24.4 Å². The largest absolute Gasteiger partial charge is 0.348 e. The molecule has 10 rings (SSSR count). The first-order chi connectivity index (χ1) is 42.5. The van der Waals surface area contributed by atoms with Crippen molar-refractivity contribution in [3.63, 3.8) is 0 Å². The molecule has 10 heteroatoms. The SMILES string of the molecule is C.CC.CCC.Cc1c(C(C)C)c2ccccc2n1C.Cc1c(C)[n+](C)c(C)c2c(C(C)C)c(C)n(C)c12.Cc1c(C)[n+](C)c(C)c2c1c(C(C)(C)C)c(C)n2C.Cc1c(C)c2c(C(C)C)c(C)n(C)c2[n+](C)c1C.Cc1c(C)c2c(c(C(C)C)c(C)n2C)[n+](C)c1C.N. The number of nitrogens with zero attached hydrogens (tertiary/aromatic N) is 9. The standard InChI is InChI=1S/C17H27N2.3C16H25N2.C13H17N.C3H8.C2H6.CH4.H3N/c1-10-11(2)18(8)13(4)16-14(10)15(17(5,6)7)12(3)19(16)9;1-9(2)14-12(5)18(8)16-10(3)11(4)17(7)13(6)15(14)16;1-9(2)14-13(6)18(8)15-11(4)10(3)12(5)17(7)16(14)15;1-9(2)14-13(6)18(8)16-15(14)11(4)10(3)12(5)17(16)7;1-9(2)13-10(3)14(4)12-8-6-5-7-11(12)13;1-3-2;1-2;;/h1-9H3;3*9H,1-8H3;5-9H,1-4H3;3H2,1-2H3;1-2H3;1H4;1H3/q4*+1;;;;;. The molecule has 0 bridgehead atoms. The van der Waals surface area contributed by atoms with Crippen molar-refractivity contribution in [2.24, 2.45) is 63.4 Å². The van der Waals surface area contributed by atoms with Gasteiger partial charge >= 0.3 is 0 Å². The van der Waals surface area contributed by atoms with Crippen molar-refractivity contribution in [3.8, 4) is 0 Å². The lowest BCUT2D eigenvalue weighted by molar-refractivity contribution is -0.682. The van der Waals surface area contributed by atoms with Crippen LogP contribution in [0.5, 0.6) is 0 Å². The predicted molar refractivity (Wildman–Crippen MR) is 414 cm³/mol. The van der Waals surface area contributed by atoms with Crippen LogP contribution in [0, 0.1) is 118 Å². The maximum absolute atomic E-state index is 2.36. The monoisotopic (exact) mass is 1290 g/mol. The first-order valence-electron chi connectivity index (χ1n) is 34.8. The molecular formula is C84H140N10+4. The first-order valence-corrected chi connectivity index (χ1v) is 34.8. The van der Waals surface area contributed by atoms with Crippen molar-refractivity contribution >= 4 is 54.8 Å². The van der Waals surface area contributed by atoms with Crippen LogP contribution in [0.2, 0.25) is 0 Å². The number of benzene rings is 1. The minimum Gasteiger partial charge on any atom is -0.348 e. The highest BCUT2D eigenvalue weighted by atomic mass is 15.1. The fourth-order valence-corrected chi connectivity index (χ4v) is 15.1. The molecule has 0 atom stereocenters. The summed E-state index contributed by atoms with van der Waals surface area (Å²) in [4.78, 5) is 0. The highest BCUT2D eigenvalue weighted by molar-refractivity contribution is 5.92. The number of aromatic nitrogens is 9. The molecule has 1 aromatic carbocycles. The Hall–Kier alpha value is -6.52. The van der Waals surface area contributed by atoms with E-state index in [1.165, 1.54) is 185 Å². The number of fused-ring (bicyclic) bond motifs is 5. The minimum absolute atomic E-state index is 0. The maximum atomic E-state index is 2.36. The molecule has 0 aliphatic carbocycles. The summed E-state index contributed by atoms with van der Waals surface area (Å²) in [5.41, 5.74) is 39.5. The number of pyridine rings is 4. The Morgan fingerprint density at radius 2 is 0.745 bits per heavy atom. The fourth-order valence-electron chi connectivity index (χ4n) is 15.1. The van der Waals surface area contributed by atoms with Crippen molar-refractivity contribution in [2.75, 3.05) is 0 Å². The summed E-state index contributed by atoms with van der Waals surface area (Å²) < 4.78 is 21.0. The van der Waals surface area contributed by atoms with Crippen LogP contribution in [0.25, 0.3) is 54.8 Å². The van der Waals surface area contributed by atoms with Gasteiger partial charge in [-0.1, -0.05) is 136 Å². The zero-order valence-corrected chi connectivity index (χ0v) is 67.6. The molecule has 0 aliphatic heterocycles. The first kappa shape index (κ1) is 83.6. The van der Waals surface area contributed by atoms with Gasteiger partial charge in [-0.05, 0) is 152 Å². The van der Waals surface area contributed by atoms with Crippen molar-refractivity contribution in [1.29, 1.82) is 0 Å². The van der Waals surface area contributed by atoms with Crippen molar-refractivity contribution in [3.05, 3.63) is 148 Å². The Labute approximate surface area is 575 Å². The third-order valence-corrected chi connectivity index (χ3v) is 21.5. The second-order valence-electron chi connectivity index (χ2n) is 29.2. The van der Waals surface area contributed by atoms with E-state index < -0.39 is 0 Å². The topological polar surface area (TPSA) is 75.2 Å². The summed E-state index contributed by atoms with van der Waals surface area (Å²) >= 11 is 0. The van der Waals surface area contributed by atoms with E-state index in [4.69, 9.17) is 0 Å². The quantitative estimate of drug-likeness (QED) is 0.175. The molecule has 9 aromatic heterocycles. The zero-order valence-electron chi connectivity index (χ0n) is 67.6. The molecule has 0 saturated carbocycles. The van der Waals surface area contributed by atoms with Crippen LogP contribution in [-0.4, -0.2) is 22.8 Å². The summed E-state index contributed by atoms with van der Waals surface area (Å²) in [5.74, 6) is 2.28. The van der Waals surface area contributed by atoms with Gasteiger partial charge in [-0.2, -0.15) is 4.57 Å². The van der Waals surface area contributed by atoms with E-state index in [2.05, 4.69) is 337 Å². The van der Waals surface area contributed by atoms with Gasteiger partial charge in [-0.3, -0.25) is 0 Å². The van der Waals surface area contributed by atoms with Gasteiger partial charge < -0.3 is 24.4 Å². The molecule has 0 saturated heterocycles. The summed E-state index contributed by atoms with van der Waals surface area (Å²) in [6.07, 6.45) is 1.25. The van der Waals surface area contributed by atoms with E-state index in [1.807, 2.05) is 13.8 Å². The van der Waals surface area contributed by atoms with Crippen LogP contribution >= 0.6 is 0 Å². The van der Waals surface area contributed by atoms with Gasteiger partial charge in [0, 0.05) is 130 Å². The van der Waals surface area contributed by atoms with Gasteiger partial charge in [0.1, 0.15) is 43.6 Å². The van der Waals surface area contributed by atoms with Crippen LogP contribution in [0.1, 0.15) is 265 Å². The minimum atomic E-state index is 0. The van der Waals surface area contributed by atoms with E-state index in [-0.39, 0.29) is 19.0 Å². The molecule has 0 radical (unpaired) electrons. The fraction of sp³-hybridized carbons (Fsp3) is 0.571. The lowest BCUT2D eigenvalue weighted by Gasteiger charge is -2.20. The molecule has 10 nitrogen and oxygen atoms in total. The molecule has 3 N–H and O–H groups in total. The van der Waals surface area contributed by atoms with Crippen LogP contribution in [0.3, 0.4) is 0 Å². The highest BCUT2D eigenvalue weighted by Gasteiger charge is 2.32. The number of hydrogen-bond donors (Lipinski definition) is 1. The van der Waals surface area contributed by atoms with E-state index >= 15 is 0 Å². The van der Waals surface area contributed by atoms with E-state index in [0.29, 0.717) is 23.7 Å². The average molecular weight is 1290 g/mol. The third-order valence-electron chi connectivity index (χ3n) is 21.5. The van der Waals surface area contributed by atoms with Crippen LogP contribution in [0.4, 0.5) is 0 Å². The van der Waals surface area contributed by atoms with Gasteiger partial charge in [-0.25, -0.2) is 18.3 Å². The van der Waals surface area contributed by atoms with Crippen molar-refractivity contribution in [2.45, 2.75) is 264 Å². The normalized spacial score (nSPS) is 11.3. The molecule has 10 aromatic rings. The lowest BCUT2D eigenvalue weighted by Crippen LogP contribution is -2.37. The molecule has 0 fully saturated rings. The molecule has 0 unspecified atom stereocenters. The Bertz CT molecular complexity index is 4050. The Kier molecular flexibility index (Phi) is 28.9. The van der Waals surface area contributed by atoms with Gasteiger partial charge in [0.25, 0.3) is 5.65 Å². The Morgan fingerprint density at radius 3 is 1.22 bits per heavy atom. The molecule has 0 aliphatic rings. The smallest absolute Gasteiger partial charge is 0.289 e. The number of para-hydroxylation sites is 1. The van der Waals surface area contributed by atoms with Crippen molar-refractivity contribution < 1.29 is 18.3 Å². The summed E-state index contributed by atoms with van der Waals surface area (Å²) in [6.45, 7) is 71.3. The van der Waals surface area contributed by atoms with E-state index in [0.717, 1.165) is 0 Å². The van der Waals surface area contributed by atoms with Crippen LogP contribution in [-0.2, 0) is 68.8 Å². The van der Waals surface area contributed by atoms with E-state index in [9.17, 15) is 0 Å². The molecule has 94 heavy (non-hydrogen) atoms. The second kappa shape index (κ2) is 32.5. The molecule has 0 spiro atoms. The molecule has 522 valence electrons. The Morgan fingerprint density at radius 1 is 0.372 bits per heavy atom. The number of hydrogen-bond acceptors (Lipinski definition) is 1. The second-order valence-corrected chi connectivity index (χ2v) is 29.2. The Balaban J connectivity index is 0.000000392. The van der Waals surface area contributed by atoms with Crippen LogP contribution in [0.15, 0.2) is 24.3 Å². The average Bonchev–Trinajstić information content (AvgIpc) is 1.59. The van der Waals surface area contributed by atoms with Gasteiger partial charge in [-0.15, -0.1) is 0 Å². The van der Waals surface area contributed by atoms with Gasteiger partial charge in [0.05, 0.1) is 30.4 Å². The molecular weight excluding hydrogens is 1150 g/mol. The van der Waals surface area contributed by atoms with Gasteiger partial charge in [0.2, 0.25) is 11.2 Å². The van der Waals surface area contributed by atoms with Crippen molar-refractivity contribution in [1.82, 2.24) is 29.0 Å². The molecule has 0 amide bonds. The predicted octanol–water partition coefficient (Wildman–Crippen LogP) is 20.5. The maximum Gasteiger partial charge on any atom is 0.289 e. The number of aryl methyl sites for hydroxylation is 13. The highest BCUT2D eigenvalue weighted by Crippen LogP contribution is 2.40. The number of rotatable bonds is 4. The molecule has 9 heterocycles. The summed E-state index contributed by atoms with van der Waals surface area (Å²) in [6, 6.07) is 8.63. The zero-order chi connectivity index (χ0) is 71.0. The third kappa shape index (κ3) is 14.9. The lowest BCUT2D eigenvalue weighted by atomic mass is 9.83. The summed E-state index contributed by atoms with van der Waals surface area (Å²) in [5, 5.41) is 5.77. The van der Waals surface area contributed by atoms with E-state index in [1.54, 1.807) is 0 Å². The van der Waals surface area contributed by atoms with Gasteiger partial charge in [0.15, 0.2) is 22.8 Å².